The van der Waals surface area contributed by atoms with Gasteiger partial charge < -0.3 is 4.98 Å². The molecule has 0 aliphatic heterocycles. The van der Waals surface area contributed by atoms with Gasteiger partial charge in [0.2, 0.25) is 0 Å². The van der Waals surface area contributed by atoms with E-state index in [4.69, 9.17) is 0 Å². The van der Waals surface area contributed by atoms with Crippen LogP contribution in [0.25, 0.3) is 12.2 Å². The maximum atomic E-state index is 10.9. The van der Waals surface area contributed by atoms with E-state index >= 15 is 0 Å². The van der Waals surface area contributed by atoms with Crippen LogP contribution in [-0.4, -0.2) is 9.97 Å². The van der Waals surface area contributed by atoms with Crippen LogP contribution in [0, 0.1) is 0 Å². The zero-order chi connectivity index (χ0) is 9.68. The lowest BCUT2D eigenvalue weighted by Gasteiger charge is -1.86. The van der Waals surface area contributed by atoms with Gasteiger partial charge in [0, 0.05) is 0 Å². The van der Waals surface area contributed by atoms with Gasteiger partial charge in [0.1, 0.15) is 0 Å². The van der Waals surface area contributed by atoms with Crippen LogP contribution in [-0.2, 0) is 0 Å². The summed E-state index contributed by atoms with van der Waals surface area (Å²) in [6, 6.07) is 0. The van der Waals surface area contributed by atoms with Crippen LogP contribution in [0.4, 0.5) is 0 Å². The molecule has 0 saturated carbocycles. The molecule has 1 aromatic rings. The Labute approximate surface area is 76.2 Å². The fourth-order valence-corrected chi connectivity index (χ4v) is 0.976. The molecule has 1 heterocycles. The van der Waals surface area contributed by atoms with Gasteiger partial charge in [0.15, 0.2) is 0 Å². The van der Waals surface area contributed by atoms with E-state index in [2.05, 4.69) is 9.97 Å². The minimum atomic E-state index is -0.179. The Hall–Kier alpha value is -1.64. The number of nitrogens with one attached hydrogen (secondary N) is 1. The number of H-pyrrole nitrogens is 1. The number of aromatic amines is 1. The highest BCUT2D eigenvalue weighted by Crippen LogP contribution is 1.68. The minimum Gasteiger partial charge on any atom is -0.319 e. The Morgan fingerprint density at radius 2 is 2.23 bits per heavy atom. The lowest BCUT2D eigenvalue weighted by molar-refractivity contribution is 1.05. The number of allylic oxidation sites excluding steroid dienone is 2. The van der Waals surface area contributed by atoms with Gasteiger partial charge >= 0.3 is 0 Å². The standard InChI is InChI=1S/C10H12N2O/c1-3-5-6-9-8(4-2)11-7-10(13)12-9/h3-7H,1-2H3,(H,12,13)/b5-3-,8-4+,9-6+. The first kappa shape index (κ1) is 9.45. The van der Waals surface area contributed by atoms with Gasteiger partial charge in [-0.2, -0.15) is 0 Å². The predicted molar refractivity (Wildman–Crippen MR) is 53.5 cm³/mol. The summed E-state index contributed by atoms with van der Waals surface area (Å²) in [7, 11) is 0. The lowest BCUT2D eigenvalue weighted by Crippen LogP contribution is -2.36. The highest BCUT2D eigenvalue weighted by atomic mass is 16.1. The highest BCUT2D eigenvalue weighted by Gasteiger charge is 1.85. The summed E-state index contributed by atoms with van der Waals surface area (Å²) in [4.78, 5) is 17.6. The van der Waals surface area contributed by atoms with E-state index in [1.165, 1.54) is 6.20 Å². The summed E-state index contributed by atoms with van der Waals surface area (Å²) >= 11 is 0. The van der Waals surface area contributed by atoms with Gasteiger partial charge in [-0.05, 0) is 19.9 Å². The van der Waals surface area contributed by atoms with Crippen molar-refractivity contribution < 1.29 is 0 Å². The molecular formula is C10H12N2O. The Bertz CT molecular complexity index is 468. The number of aromatic nitrogens is 2. The molecule has 0 unspecified atom stereocenters. The number of hydrogen-bond acceptors (Lipinski definition) is 2. The topological polar surface area (TPSA) is 45.8 Å². The summed E-state index contributed by atoms with van der Waals surface area (Å²) in [6.07, 6.45) is 8.71. The third-order valence-electron chi connectivity index (χ3n) is 1.58. The van der Waals surface area contributed by atoms with Crippen molar-refractivity contribution in [2.75, 3.05) is 0 Å². The lowest BCUT2D eigenvalue weighted by atomic mass is 10.4. The molecule has 13 heavy (non-hydrogen) atoms. The predicted octanol–water partition coefficient (Wildman–Crippen LogP) is -0.0731. The van der Waals surface area contributed by atoms with Crippen molar-refractivity contribution in [2.24, 2.45) is 0 Å². The second kappa shape index (κ2) is 4.40. The van der Waals surface area contributed by atoms with Crippen molar-refractivity contribution in [1.29, 1.82) is 0 Å². The third kappa shape index (κ3) is 2.40. The van der Waals surface area contributed by atoms with Crippen LogP contribution < -0.4 is 16.3 Å². The summed E-state index contributed by atoms with van der Waals surface area (Å²) in [5, 5.41) is 1.53. The molecule has 0 atom stereocenters. The molecule has 0 fully saturated rings. The SMILES string of the molecule is C\C=C/C=c1/[nH]c(=O)cn/c1=C/C. The molecule has 0 bridgehead atoms. The molecule has 1 rings (SSSR count). The van der Waals surface area contributed by atoms with Gasteiger partial charge in [0.25, 0.3) is 5.56 Å². The van der Waals surface area contributed by atoms with Crippen molar-refractivity contribution >= 4 is 12.2 Å². The fourth-order valence-electron chi connectivity index (χ4n) is 0.976. The quantitative estimate of drug-likeness (QED) is 0.651. The van der Waals surface area contributed by atoms with E-state index in [0.29, 0.717) is 0 Å². The van der Waals surface area contributed by atoms with E-state index in [9.17, 15) is 4.79 Å². The average molecular weight is 176 g/mol. The zero-order valence-electron chi connectivity index (χ0n) is 7.74. The molecule has 0 radical (unpaired) electrons. The van der Waals surface area contributed by atoms with Crippen LogP contribution in [0.1, 0.15) is 13.8 Å². The molecule has 0 aliphatic rings. The number of hydrogen-bond donors (Lipinski definition) is 1. The summed E-state index contributed by atoms with van der Waals surface area (Å²) in [6.45, 7) is 3.80. The van der Waals surface area contributed by atoms with Gasteiger partial charge in [0.05, 0.1) is 16.9 Å². The number of nitrogens with zero attached hydrogens (tertiary/aromatic N) is 1. The van der Waals surface area contributed by atoms with Crippen molar-refractivity contribution in [3.8, 4) is 0 Å². The minimum absolute atomic E-state index is 0.179. The second-order valence-corrected chi connectivity index (χ2v) is 2.53. The molecule has 0 aromatic carbocycles. The van der Waals surface area contributed by atoms with E-state index in [0.717, 1.165) is 10.7 Å². The molecular weight excluding hydrogens is 164 g/mol. The monoisotopic (exact) mass is 176 g/mol. The fraction of sp³-hybridized carbons (Fsp3) is 0.200. The average Bonchev–Trinajstić information content (AvgIpc) is 2.15. The van der Waals surface area contributed by atoms with Crippen molar-refractivity contribution in [2.45, 2.75) is 13.8 Å². The van der Waals surface area contributed by atoms with Crippen molar-refractivity contribution in [3.05, 3.63) is 39.4 Å². The first-order chi connectivity index (χ1) is 6.27. The van der Waals surface area contributed by atoms with Crippen LogP contribution in [0.5, 0.6) is 0 Å². The van der Waals surface area contributed by atoms with Crippen molar-refractivity contribution in [1.82, 2.24) is 9.97 Å². The second-order valence-electron chi connectivity index (χ2n) is 2.53. The first-order valence-electron chi connectivity index (χ1n) is 4.12. The molecule has 0 saturated heterocycles. The maximum absolute atomic E-state index is 10.9. The largest absolute Gasteiger partial charge is 0.319 e. The van der Waals surface area contributed by atoms with E-state index in [1.54, 1.807) is 0 Å². The zero-order valence-corrected chi connectivity index (χ0v) is 7.74. The molecule has 3 heteroatoms. The molecule has 1 N–H and O–H groups in total. The van der Waals surface area contributed by atoms with E-state index in [1.807, 2.05) is 38.2 Å². The number of rotatable bonds is 1. The van der Waals surface area contributed by atoms with Gasteiger partial charge in [-0.15, -0.1) is 0 Å². The molecule has 0 spiro atoms. The summed E-state index contributed by atoms with van der Waals surface area (Å²) < 4.78 is 0. The van der Waals surface area contributed by atoms with Crippen LogP contribution >= 0.6 is 0 Å². The molecule has 3 nitrogen and oxygen atoms in total. The Morgan fingerprint density at radius 3 is 2.85 bits per heavy atom. The third-order valence-corrected chi connectivity index (χ3v) is 1.58. The first-order valence-corrected chi connectivity index (χ1v) is 4.12. The Kier molecular flexibility index (Phi) is 3.20. The van der Waals surface area contributed by atoms with E-state index < -0.39 is 0 Å². The van der Waals surface area contributed by atoms with E-state index in [-0.39, 0.29) is 5.56 Å². The van der Waals surface area contributed by atoms with Gasteiger partial charge in [-0.25, -0.2) is 4.98 Å². The van der Waals surface area contributed by atoms with Gasteiger partial charge in [-0.3, -0.25) is 4.79 Å². The van der Waals surface area contributed by atoms with Crippen molar-refractivity contribution in [3.63, 3.8) is 0 Å². The summed E-state index contributed by atoms with van der Waals surface area (Å²) in [5.41, 5.74) is -0.179. The Balaban J connectivity index is 3.51. The molecule has 68 valence electrons. The Morgan fingerprint density at radius 1 is 1.46 bits per heavy atom. The highest BCUT2D eigenvalue weighted by molar-refractivity contribution is 5.34. The molecule has 0 amide bonds. The van der Waals surface area contributed by atoms with Crippen LogP contribution in [0.15, 0.2) is 23.1 Å². The van der Waals surface area contributed by atoms with Gasteiger partial charge in [-0.1, -0.05) is 18.2 Å². The van der Waals surface area contributed by atoms with Crippen LogP contribution in [0.2, 0.25) is 0 Å². The summed E-state index contributed by atoms with van der Waals surface area (Å²) in [5.74, 6) is 0. The van der Waals surface area contributed by atoms with Crippen LogP contribution in [0.3, 0.4) is 0 Å². The maximum Gasteiger partial charge on any atom is 0.266 e. The molecule has 0 aliphatic carbocycles. The normalized spacial score (nSPS) is 14.3. The smallest absolute Gasteiger partial charge is 0.266 e. The molecule has 1 aromatic heterocycles.